The lowest BCUT2D eigenvalue weighted by molar-refractivity contribution is 0.0601. The minimum Gasteiger partial charge on any atom is -0.497 e. The van der Waals surface area contributed by atoms with E-state index in [0.717, 1.165) is 0 Å². The molecule has 0 saturated heterocycles. The number of carbonyl (C=O) groups is 1. The highest BCUT2D eigenvalue weighted by molar-refractivity contribution is 6.59. The first-order valence-electron chi connectivity index (χ1n) is 4.22. The molecule has 5 nitrogen and oxygen atoms in total. The van der Waals surface area contributed by atoms with Gasteiger partial charge in [0.05, 0.1) is 19.8 Å². The first-order valence-corrected chi connectivity index (χ1v) is 4.22. The third kappa shape index (κ3) is 2.48. The minimum atomic E-state index is -1.69. The Hall–Kier alpha value is -1.53. The molecule has 0 amide bonds. The van der Waals surface area contributed by atoms with E-state index >= 15 is 0 Å². The summed E-state index contributed by atoms with van der Waals surface area (Å²) >= 11 is 0. The maximum atomic E-state index is 11.2. The van der Waals surface area contributed by atoms with Gasteiger partial charge in [-0.25, -0.2) is 4.79 Å². The van der Waals surface area contributed by atoms with Gasteiger partial charge in [0, 0.05) is 5.46 Å². The van der Waals surface area contributed by atoms with Crippen LogP contribution in [0.15, 0.2) is 18.2 Å². The molecule has 0 radical (unpaired) electrons. The smallest absolute Gasteiger partial charge is 0.492 e. The topological polar surface area (TPSA) is 76.0 Å². The van der Waals surface area contributed by atoms with Gasteiger partial charge >= 0.3 is 13.1 Å². The third-order valence-corrected chi connectivity index (χ3v) is 1.93. The number of benzene rings is 1. The summed E-state index contributed by atoms with van der Waals surface area (Å²) < 4.78 is 9.40. The molecule has 0 spiro atoms. The molecule has 1 rings (SSSR count). The monoisotopic (exact) mass is 210 g/mol. The molecule has 0 fully saturated rings. The number of hydrogen-bond acceptors (Lipinski definition) is 5. The Bertz CT molecular complexity index is 364. The summed E-state index contributed by atoms with van der Waals surface area (Å²) in [5.74, 6) is -0.239. The van der Waals surface area contributed by atoms with Crippen LogP contribution in [-0.4, -0.2) is 37.4 Å². The van der Waals surface area contributed by atoms with Crippen LogP contribution in [0.1, 0.15) is 10.4 Å². The van der Waals surface area contributed by atoms with Crippen LogP contribution in [0, 0.1) is 0 Å². The first kappa shape index (κ1) is 11.5. The Kier molecular flexibility index (Phi) is 3.71. The van der Waals surface area contributed by atoms with Gasteiger partial charge in [0.15, 0.2) is 0 Å². The van der Waals surface area contributed by atoms with Crippen LogP contribution in [0.4, 0.5) is 0 Å². The second-order valence-electron chi connectivity index (χ2n) is 2.82. The second kappa shape index (κ2) is 4.81. The molecular formula is C9H11BO5. The van der Waals surface area contributed by atoms with Gasteiger partial charge in [-0.05, 0) is 18.2 Å². The molecule has 0 bridgehead atoms. The molecule has 0 unspecified atom stereocenters. The lowest BCUT2D eigenvalue weighted by Gasteiger charge is -2.08. The molecule has 0 aliphatic heterocycles. The van der Waals surface area contributed by atoms with Gasteiger partial charge in [0.25, 0.3) is 0 Å². The molecular weight excluding hydrogens is 199 g/mol. The molecule has 2 N–H and O–H groups in total. The van der Waals surface area contributed by atoms with Crippen LogP contribution >= 0.6 is 0 Å². The Morgan fingerprint density at radius 1 is 1.33 bits per heavy atom. The van der Waals surface area contributed by atoms with Crippen molar-refractivity contribution in [2.75, 3.05) is 14.2 Å². The van der Waals surface area contributed by atoms with E-state index in [-0.39, 0.29) is 11.0 Å². The van der Waals surface area contributed by atoms with Crippen molar-refractivity contribution in [1.29, 1.82) is 0 Å². The first-order chi connectivity index (χ1) is 7.10. The zero-order valence-electron chi connectivity index (χ0n) is 8.43. The van der Waals surface area contributed by atoms with Crippen molar-refractivity contribution in [3.8, 4) is 5.75 Å². The van der Waals surface area contributed by atoms with Gasteiger partial charge in [0.2, 0.25) is 0 Å². The fourth-order valence-corrected chi connectivity index (χ4v) is 1.18. The summed E-state index contributed by atoms with van der Waals surface area (Å²) in [4.78, 5) is 11.2. The Morgan fingerprint density at radius 3 is 2.47 bits per heavy atom. The molecule has 0 atom stereocenters. The van der Waals surface area contributed by atoms with Crippen LogP contribution in [0.3, 0.4) is 0 Å². The fourth-order valence-electron chi connectivity index (χ4n) is 1.18. The van der Waals surface area contributed by atoms with E-state index in [1.165, 1.54) is 32.4 Å². The number of ether oxygens (including phenoxy) is 2. The summed E-state index contributed by atoms with van der Waals surface area (Å²) in [6, 6.07) is 4.27. The third-order valence-electron chi connectivity index (χ3n) is 1.93. The highest BCUT2D eigenvalue weighted by atomic mass is 16.5. The number of methoxy groups -OCH3 is 2. The molecule has 0 heterocycles. The summed E-state index contributed by atoms with van der Waals surface area (Å²) in [7, 11) is 0.963. The largest absolute Gasteiger partial charge is 0.497 e. The zero-order valence-corrected chi connectivity index (χ0v) is 8.43. The van der Waals surface area contributed by atoms with Gasteiger partial charge in [-0.15, -0.1) is 0 Å². The molecule has 0 aliphatic carbocycles. The summed E-state index contributed by atoms with van der Waals surface area (Å²) in [6.07, 6.45) is 0. The average Bonchev–Trinajstić information content (AvgIpc) is 2.27. The van der Waals surface area contributed by atoms with E-state index < -0.39 is 13.1 Å². The lowest BCUT2D eigenvalue weighted by atomic mass is 9.78. The Morgan fingerprint density at radius 2 is 2.00 bits per heavy atom. The van der Waals surface area contributed by atoms with Crippen molar-refractivity contribution in [3.05, 3.63) is 23.8 Å². The van der Waals surface area contributed by atoms with Gasteiger partial charge in [-0.1, -0.05) is 0 Å². The maximum Gasteiger partial charge on any atom is 0.492 e. The van der Waals surface area contributed by atoms with Crippen LogP contribution in [-0.2, 0) is 4.74 Å². The normalized spacial score (nSPS) is 9.60. The SMILES string of the molecule is COC(=O)c1ccc(OC)c(B(O)O)c1. The molecule has 15 heavy (non-hydrogen) atoms. The maximum absolute atomic E-state index is 11.2. The van der Waals surface area contributed by atoms with Crippen molar-refractivity contribution in [3.63, 3.8) is 0 Å². The zero-order chi connectivity index (χ0) is 11.4. The fraction of sp³-hybridized carbons (Fsp3) is 0.222. The predicted molar refractivity (Wildman–Crippen MR) is 54.2 cm³/mol. The van der Waals surface area contributed by atoms with E-state index in [1.54, 1.807) is 0 Å². The van der Waals surface area contributed by atoms with Crippen LogP contribution in [0.2, 0.25) is 0 Å². The number of rotatable bonds is 3. The molecule has 1 aromatic carbocycles. The summed E-state index contributed by atoms with van der Waals surface area (Å²) in [5, 5.41) is 18.1. The number of carbonyl (C=O) groups excluding carboxylic acids is 1. The number of hydrogen-bond donors (Lipinski definition) is 2. The van der Waals surface area contributed by atoms with E-state index in [0.29, 0.717) is 5.75 Å². The predicted octanol–water partition coefficient (Wildman–Crippen LogP) is -0.838. The lowest BCUT2D eigenvalue weighted by Crippen LogP contribution is -2.32. The second-order valence-corrected chi connectivity index (χ2v) is 2.82. The van der Waals surface area contributed by atoms with Crippen molar-refractivity contribution < 1.29 is 24.3 Å². The molecule has 80 valence electrons. The van der Waals surface area contributed by atoms with Gasteiger partial charge in [0.1, 0.15) is 5.75 Å². The van der Waals surface area contributed by atoms with E-state index in [9.17, 15) is 4.79 Å². The highest BCUT2D eigenvalue weighted by Crippen LogP contribution is 2.10. The van der Waals surface area contributed by atoms with Crippen molar-refractivity contribution in [2.45, 2.75) is 0 Å². The van der Waals surface area contributed by atoms with Gasteiger partial charge < -0.3 is 19.5 Å². The van der Waals surface area contributed by atoms with E-state index in [1.807, 2.05) is 0 Å². The Balaban J connectivity index is 3.16. The van der Waals surface area contributed by atoms with Gasteiger partial charge in [-0.3, -0.25) is 0 Å². The Labute approximate surface area is 87.4 Å². The van der Waals surface area contributed by atoms with E-state index in [2.05, 4.69) is 4.74 Å². The highest BCUT2D eigenvalue weighted by Gasteiger charge is 2.19. The standard InChI is InChI=1S/C9H11BO5/c1-14-8-4-3-6(9(11)15-2)5-7(8)10(12)13/h3-5,12-13H,1-2H3. The molecule has 0 aliphatic rings. The van der Waals surface area contributed by atoms with Gasteiger partial charge in [-0.2, -0.15) is 0 Å². The summed E-state index contributed by atoms with van der Waals surface area (Å²) in [5.41, 5.74) is 0.363. The quantitative estimate of drug-likeness (QED) is 0.502. The van der Waals surface area contributed by atoms with Crippen LogP contribution in [0.5, 0.6) is 5.75 Å². The van der Waals surface area contributed by atoms with Crippen LogP contribution < -0.4 is 10.2 Å². The molecule has 0 saturated carbocycles. The molecule has 1 aromatic rings. The summed E-state index contributed by atoms with van der Waals surface area (Å²) in [6.45, 7) is 0. The number of esters is 1. The van der Waals surface area contributed by atoms with Crippen molar-refractivity contribution in [1.82, 2.24) is 0 Å². The molecule has 0 aromatic heterocycles. The van der Waals surface area contributed by atoms with Crippen molar-refractivity contribution >= 4 is 18.6 Å². The minimum absolute atomic E-state index is 0.125. The van der Waals surface area contributed by atoms with E-state index in [4.69, 9.17) is 14.8 Å². The molecule has 6 heteroatoms. The average molecular weight is 210 g/mol. The van der Waals surface area contributed by atoms with Crippen molar-refractivity contribution in [2.24, 2.45) is 0 Å². The van der Waals surface area contributed by atoms with Crippen LogP contribution in [0.25, 0.3) is 0 Å².